The van der Waals surface area contributed by atoms with E-state index in [-0.39, 0.29) is 6.61 Å². The second kappa shape index (κ2) is 4.50. The molecule has 2 aromatic carbocycles. The lowest BCUT2D eigenvalue weighted by atomic mass is 9.96. The van der Waals surface area contributed by atoms with E-state index in [2.05, 4.69) is 44.2 Å². The molecular formula is C15H16O. The van der Waals surface area contributed by atoms with Crippen LogP contribution in [0.25, 0.3) is 11.1 Å². The molecule has 1 heteroatoms. The number of hydrogen-bond acceptors (Lipinski definition) is 1. The van der Waals surface area contributed by atoms with Crippen LogP contribution < -0.4 is 0 Å². The first kappa shape index (κ1) is 10.9. The minimum absolute atomic E-state index is 0.103. The predicted octanol–water partition coefficient (Wildman–Crippen LogP) is 3.46. The molecule has 0 saturated heterocycles. The van der Waals surface area contributed by atoms with Gasteiger partial charge in [0.2, 0.25) is 0 Å². The van der Waals surface area contributed by atoms with E-state index in [1.54, 1.807) is 0 Å². The summed E-state index contributed by atoms with van der Waals surface area (Å²) in [5.41, 5.74) is 5.83. The summed E-state index contributed by atoms with van der Waals surface area (Å²) in [4.78, 5) is 0. The van der Waals surface area contributed by atoms with Crippen LogP contribution in [-0.4, -0.2) is 5.11 Å². The molecule has 0 bridgehead atoms. The molecule has 2 rings (SSSR count). The van der Waals surface area contributed by atoms with Crippen molar-refractivity contribution in [1.82, 2.24) is 0 Å². The highest BCUT2D eigenvalue weighted by Crippen LogP contribution is 2.25. The third-order valence-corrected chi connectivity index (χ3v) is 2.98. The van der Waals surface area contributed by atoms with Crippen molar-refractivity contribution >= 4 is 0 Å². The number of rotatable bonds is 2. The van der Waals surface area contributed by atoms with Gasteiger partial charge in [0.25, 0.3) is 0 Å². The van der Waals surface area contributed by atoms with Crippen LogP contribution in [-0.2, 0) is 6.61 Å². The molecule has 0 unspecified atom stereocenters. The smallest absolute Gasteiger partial charge is 0.0684 e. The molecule has 0 aliphatic carbocycles. The van der Waals surface area contributed by atoms with Crippen molar-refractivity contribution in [3.05, 3.63) is 59.2 Å². The number of hydrogen-bond donors (Lipinski definition) is 1. The predicted molar refractivity (Wildman–Crippen MR) is 67.3 cm³/mol. The Balaban J connectivity index is 2.51. The fourth-order valence-corrected chi connectivity index (χ4v) is 1.90. The third-order valence-electron chi connectivity index (χ3n) is 2.98. The zero-order chi connectivity index (χ0) is 11.5. The van der Waals surface area contributed by atoms with Crippen molar-refractivity contribution in [2.45, 2.75) is 20.5 Å². The Morgan fingerprint density at radius 1 is 0.938 bits per heavy atom. The normalized spacial score (nSPS) is 10.4. The highest BCUT2D eigenvalue weighted by Gasteiger charge is 2.04. The van der Waals surface area contributed by atoms with Crippen LogP contribution in [0.2, 0.25) is 0 Å². The molecule has 16 heavy (non-hydrogen) atoms. The molecule has 82 valence electrons. The highest BCUT2D eigenvalue weighted by molar-refractivity contribution is 5.68. The molecule has 0 aliphatic rings. The molecule has 0 aliphatic heterocycles. The molecular weight excluding hydrogens is 196 g/mol. The Kier molecular flexibility index (Phi) is 3.07. The first-order valence-corrected chi connectivity index (χ1v) is 5.49. The Labute approximate surface area is 96.4 Å². The van der Waals surface area contributed by atoms with E-state index in [1.807, 2.05) is 12.1 Å². The van der Waals surface area contributed by atoms with Crippen LogP contribution >= 0.6 is 0 Å². The fraction of sp³-hybridized carbons (Fsp3) is 0.200. The van der Waals surface area contributed by atoms with E-state index in [4.69, 9.17) is 0 Å². The largest absolute Gasteiger partial charge is 0.392 e. The zero-order valence-electron chi connectivity index (χ0n) is 9.70. The van der Waals surface area contributed by atoms with Crippen molar-refractivity contribution in [1.29, 1.82) is 0 Å². The standard InChI is InChI=1S/C15H16O/c1-11-6-8-13(9-7-11)15-5-3-4-14(10-16)12(15)2/h3-9,16H,10H2,1-2H3. The van der Waals surface area contributed by atoms with Gasteiger partial charge in [0.15, 0.2) is 0 Å². The van der Waals surface area contributed by atoms with Crippen molar-refractivity contribution in [2.75, 3.05) is 0 Å². The molecule has 0 fully saturated rings. The number of benzene rings is 2. The van der Waals surface area contributed by atoms with Gasteiger partial charge < -0.3 is 5.11 Å². The van der Waals surface area contributed by atoms with Gasteiger partial charge in [-0.25, -0.2) is 0 Å². The Hall–Kier alpha value is -1.60. The molecule has 0 aromatic heterocycles. The van der Waals surface area contributed by atoms with Gasteiger partial charge in [-0.05, 0) is 36.1 Å². The van der Waals surface area contributed by atoms with E-state index >= 15 is 0 Å². The van der Waals surface area contributed by atoms with Gasteiger partial charge in [-0.2, -0.15) is 0 Å². The average molecular weight is 212 g/mol. The topological polar surface area (TPSA) is 20.2 Å². The first-order chi connectivity index (χ1) is 7.72. The Morgan fingerprint density at radius 3 is 2.25 bits per heavy atom. The molecule has 0 atom stereocenters. The molecule has 0 radical (unpaired) electrons. The maximum Gasteiger partial charge on any atom is 0.0684 e. The number of aliphatic hydroxyl groups excluding tert-OH is 1. The van der Waals surface area contributed by atoms with Crippen LogP contribution in [0, 0.1) is 13.8 Å². The molecule has 0 spiro atoms. The van der Waals surface area contributed by atoms with E-state index in [0.29, 0.717) is 0 Å². The van der Waals surface area contributed by atoms with Crippen molar-refractivity contribution in [3.63, 3.8) is 0 Å². The van der Waals surface area contributed by atoms with Crippen molar-refractivity contribution < 1.29 is 5.11 Å². The summed E-state index contributed by atoms with van der Waals surface area (Å²) in [5.74, 6) is 0. The molecule has 2 aromatic rings. The van der Waals surface area contributed by atoms with Crippen LogP contribution in [0.15, 0.2) is 42.5 Å². The van der Waals surface area contributed by atoms with Crippen LogP contribution in [0.4, 0.5) is 0 Å². The minimum Gasteiger partial charge on any atom is -0.392 e. The van der Waals surface area contributed by atoms with E-state index in [0.717, 1.165) is 11.1 Å². The highest BCUT2D eigenvalue weighted by atomic mass is 16.3. The van der Waals surface area contributed by atoms with Gasteiger partial charge in [-0.1, -0.05) is 48.0 Å². The lowest BCUT2D eigenvalue weighted by Gasteiger charge is -2.10. The van der Waals surface area contributed by atoms with Gasteiger partial charge >= 0.3 is 0 Å². The maximum absolute atomic E-state index is 9.23. The quantitative estimate of drug-likeness (QED) is 0.808. The fourth-order valence-electron chi connectivity index (χ4n) is 1.90. The third kappa shape index (κ3) is 2.00. The summed E-state index contributed by atoms with van der Waals surface area (Å²) in [7, 11) is 0. The summed E-state index contributed by atoms with van der Waals surface area (Å²) >= 11 is 0. The molecule has 0 amide bonds. The van der Waals surface area contributed by atoms with E-state index in [1.165, 1.54) is 16.7 Å². The monoisotopic (exact) mass is 212 g/mol. The van der Waals surface area contributed by atoms with Crippen LogP contribution in [0.5, 0.6) is 0 Å². The molecule has 1 N–H and O–H groups in total. The van der Waals surface area contributed by atoms with Gasteiger partial charge in [0.1, 0.15) is 0 Å². The minimum atomic E-state index is 0.103. The van der Waals surface area contributed by atoms with Crippen molar-refractivity contribution in [2.24, 2.45) is 0 Å². The number of aryl methyl sites for hydroxylation is 1. The summed E-state index contributed by atoms with van der Waals surface area (Å²) in [6.07, 6.45) is 0. The first-order valence-electron chi connectivity index (χ1n) is 5.49. The van der Waals surface area contributed by atoms with Crippen molar-refractivity contribution in [3.8, 4) is 11.1 Å². The number of aliphatic hydroxyl groups is 1. The molecule has 0 saturated carbocycles. The lowest BCUT2D eigenvalue weighted by Crippen LogP contribution is -1.91. The van der Waals surface area contributed by atoms with Gasteiger partial charge in [0, 0.05) is 0 Å². The zero-order valence-corrected chi connectivity index (χ0v) is 9.70. The Bertz CT molecular complexity index is 483. The summed E-state index contributed by atoms with van der Waals surface area (Å²) in [5, 5.41) is 9.23. The summed E-state index contributed by atoms with van der Waals surface area (Å²) in [6, 6.07) is 14.5. The second-order valence-electron chi connectivity index (χ2n) is 4.11. The molecule has 1 nitrogen and oxygen atoms in total. The van der Waals surface area contributed by atoms with Crippen LogP contribution in [0.1, 0.15) is 16.7 Å². The van der Waals surface area contributed by atoms with E-state index in [9.17, 15) is 5.11 Å². The summed E-state index contributed by atoms with van der Waals surface area (Å²) in [6.45, 7) is 4.24. The van der Waals surface area contributed by atoms with Gasteiger partial charge in [0.05, 0.1) is 6.61 Å². The lowest BCUT2D eigenvalue weighted by molar-refractivity contribution is 0.281. The van der Waals surface area contributed by atoms with Crippen LogP contribution in [0.3, 0.4) is 0 Å². The second-order valence-corrected chi connectivity index (χ2v) is 4.11. The Morgan fingerprint density at radius 2 is 1.62 bits per heavy atom. The van der Waals surface area contributed by atoms with Gasteiger partial charge in [-0.3, -0.25) is 0 Å². The van der Waals surface area contributed by atoms with Gasteiger partial charge in [-0.15, -0.1) is 0 Å². The summed E-state index contributed by atoms with van der Waals surface area (Å²) < 4.78 is 0. The van der Waals surface area contributed by atoms with E-state index < -0.39 is 0 Å². The average Bonchev–Trinajstić information content (AvgIpc) is 2.31. The SMILES string of the molecule is Cc1ccc(-c2cccc(CO)c2C)cc1. The molecule has 0 heterocycles. The maximum atomic E-state index is 9.23.